The van der Waals surface area contributed by atoms with Gasteiger partial charge in [0.05, 0.1) is 0 Å². The van der Waals surface area contributed by atoms with Gasteiger partial charge in [-0.1, -0.05) is 48.5 Å². The average molecular weight is 366 g/mol. The van der Waals surface area contributed by atoms with Gasteiger partial charge in [-0.15, -0.1) is 0 Å². The molecule has 1 aliphatic rings. The molecule has 5 heteroatoms. The molecule has 0 bridgehead atoms. The lowest BCUT2D eigenvalue weighted by molar-refractivity contribution is -0.125. The molecular weight excluding hydrogens is 340 g/mol. The molecule has 2 aromatic rings. The predicted octanol–water partition coefficient (Wildman–Crippen LogP) is 2.97. The summed E-state index contributed by atoms with van der Waals surface area (Å²) < 4.78 is 5.02. The third kappa shape index (κ3) is 4.55. The van der Waals surface area contributed by atoms with Gasteiger partial charge >= 0.3 is 0 Å². The molecule has 0 saturated carbocycles. The van der Waals surface area contributed by atoms with Gasteiger partial charge in [-0.3, -0.25) is 9.59 Å². The van der Waals surface area contributed by atoms with Crippen LogP contribution in [0.3, 0.4) is 0 Å². The standard InChI is InChI=1S/C22H26N2O3/c1-27-16-8-14-23-21(25)20-18-12-5-6-13-19(18)22(26)24(20)15-7-11-17-9-3-2-4-10-17/h2-6,9-10,12-13,20H,7-8,11,14-16H2,1H3,(H,23,25)/t20-/m1/s1. The first-order valence-corrected chi connectivity index (χ1v) is 9.43. The number of rotatable bonds is 9. The number of nitrogens with one attached hydrogen (secondary N) is 1. The summed E-state index contributed by atoms with van der Waals surface area (Å²) in [7, 11) is 1.64. The number of ether oxygens (including phenoxy) is 1. The van der Waals surface area contributed by atoms with Gasteiger partial charge < -0.3 is 15.0 Å². The van der Waals surface area contributed by atoms with Crippen LogP contribution in [0.2, 0.25) is 0 Å². The Hall–Kier alpha value is -2.66. The van der Waals surface area contributed by atoms with E-state index in [-0.39, 0.29) is 11.8 Å². The molecule has 2 aromatic carbocycles. The minimum Gasteiger partial charge on any atom is -0.385 e. The number of methoxy groups -OCH3 is 1. The highest BCUT2D eigenvalue weighted by atomic mass is 16.5. The number of fused-ring (bicyclic) bond motifs is 1. The number of hydrogen-bond acceptors (Lipinski definition) is 3. The van der Waals surface area contributed by atoms with Crippen LogP contribution in [-0.4, -0.2) is 43.5 Å². The van der Waals surface area contributed by atoms with E-state index in [0.717, 1.165) is 24.8 Å². The van der Waals surface area contributed by atoms with Crippen LogP contribution in [0, 0.1) is 0 Å². The number of nitrogens with zero attached hydrogens (tertiary/aromatic N) is 1. The molecule has 0 fully saturated rings. The number of aryl methyl sites for hydroxylation is 1. The Morgan fingerprint density at radius 3 is 2.59 bits per heavy atom. The van der Waals surface area contributed by atoms with Crippen molar-refractivity contribution in [1.82, 2.24) is 10.2 Å². The summed E-state index contributed by atoms with van der Waals surface area (Å²) >= 11 is 0. The molecule has 1 N–H and O–H groups in total. The van der Waals surface area contributed by atoms with Crippen LogP contribution in [-0.2, 0) is 16.0 Å². The van der Waals surface area contributed by atoms with Gasteiger partial charge in [-0.25, -0.2) is 0 Å². The van der Waals surface area contributed by atoms with Gasteiger partial charge in [0.1, 0.15) is 6.04 Å². The number of carbonyl (C=O) groups excluding carboxylic acids is 2. The van der Waals surface area contributed by atoms with Crippen LogP contribution in [0.25, 0.3) is 0 Å². The number of hydrogen-bond donors (Lipinski definition) is 1. The molecular formula is C22H26N2O3. The lowest BCUT2D eigenvalue weighted by Crippen LogP contribution is -2.40. The van der Waals surface area contributed by atoms with Gasteiger partial charge in [0.25, 0.3) is 5.91 Å². The van der Waals surface area contributed by atoms with Crippen molar-refractivity contribution in [1.29, 1.82) is 0 Å². The quantitative estimate of drug-likeness (QED) is 0.694. The van der Waals surface area contributed by atoms with Gasteiger partial charge in [-0.05, 0) is 36.5 Å². The van der Waals surface area contributed by atoms with Crippen molar-refractivity contribution in [2.75, 3.05) is 26.8 Å². The minimum atomic E-state index is -0.549. The summed E-state index contributed by atoms with van der Waals surface area (Å²) in [5.41, 5.74) is 2.67. The van der Waals surface area contributed by atoms with Crippen molar-refractivity contribution >= 4 is 11.8 Å². The van der Waals surface area contributed by atoms with E-state index in [1.807, 2.05) is 36.4 Å². The van der Waals surface area contributed by atoms with E-state index in [1.165, 1.54) is 5.56 Å². The number of benzene rings is 2. The Kier molecular flexibility index (Phi) is 6.60. The maximum atomic E-state index is 12.9. The van der Waals surface area contributed by atoms with E-state index in [4.69, 9.17) is 4.74 Å². The van der Waals surface area contributed by atoms with E-state index in [9.17, 15) is 9.59 Å². The monoisotopic (exact) mass is 366 g/mol. The zero-order valence-corrected chi connectivity index (χ0v) is 15.7. The van der Waals surface area contributed by atoms with Gasteiger partial charge in [0.2, 0.25) is 5.91 Å². The van der Waals surface area contributed by atoms with Crippen molar-refractivity contribution in [3.8, 4) is 0 Å². The average Bonchev–Trinajstić information content (AvgIpc) is 2.98. The maximum absolute atomic E-state index is 12.9. The largest absolute Gasteiger partial charge is 0.385 e. The summed E-state index contributed by atoms with van der Waals surface area (Å²) in [5.74, 6) is -0.181. The zero-order valence-electron chi connectivity index (χ0n) is 15.7. The Morgan fingerprint density at radius 1 is 1.07 bits per heavy atom. The molecule has 1 heterocycles. The molecule has 1 atom stereocenters. The highest BCUT2D eigenvalue weighted by Crippen LogP contribution is 2.33. The lowest BCUT2D eigenvalue weighted by Gasteiger charge is -2.24. The Labute approximate surface area is 160 Å². The van der Waals surface area contributed by atoms with Crippen molar-refractivity contribution in [2.24, 2.45) is 0 Å². The number of carbonyl (C=O) groups is 2. The first kappa shape index (κ1) is 19.1. The summed E-state index contributed by atoms with van der Waals surface area (Å²) in [4.78, 5) is 27.4. The fourth-order valence-electron chi connectivity index (χ4n) is 3.51. The third-order valence-corrected chi connectivity index (χ3v) is 4.84. The Morgan fingerprint density at radius 2 is 1.81 bits per heavy atom. The molecule has 5 nitrogen and oxygen atoms in total. The van der Waals surface area contributed by atoms with E-state index in [1.54, 1.807) is 18.1 Å². The highest BCUT2D eigenvalue weighted by molar-refractivity contribution is 6.04. The van der Waals surface area contributed by atoms with Crippen molar-refractivity contribution in [3.63, 3.8) is 0 Å². The van der Waals surface area contributed by atoms with Crippen LogP contribution in [0.5, 0.6) is 0 Å². The topological polar surface area (TPSA) is 58.6 Å². The van der Waals surface area contributed by atoms with Crippen LogP contribution >= 0.6 is 0 Å². The molecule has 142 valence electrons. The summed E-state index contributed by atoms with van der Waals surface area (Å²) in [5, 5.41) is 2.95. The summed E-state index contributed by atoms with van der Waals surface area (Å²) in [6.45, 7) is 1.69. The molecule has 0 radical (unpaired) electrons. The number of amides is 2. The van der Waals surface area contributed by atoms with E-state index in [2.05, 4.69) is 17.4 Å². The SMILES string of the molecule is COCCCNC(=O)[C@H]1c2ccccc2C(=O)N1CCCc1ccccc1. The zero-order chi connectivity index (χ0) is 19.1. The smallest absolute Gasteiger partial charge is 0.255 e. The van der Waals surface area contributed by atoms with E-state index < -0.39 is 6.04 Å². The van der Waals surface area contributed by atoms with Crippen LogP contribution in [0.15, 0.2) is 54.6 Å². The Bertz CT molecular complexity index is 776. The molecule has 1 aliphatic heterocycles. The molecule has 0 spiro atoms. The second kappa shape index (κ2) is 9.33. The van der Waals surface area contributed by atoms with E-state index >= 15 is 0 Å². The first-order chi connectivity index (χ1) is 13.2. The first-order valence-electron chi connectivity index (χ1n) is 9.43. The van der Waals surface area contributed by atoms with Crippen LogP contribution in [0.1, 0.15) is 40.4 Å². The Balaban J connectivity index is 1.68. The predicted molar refractivity (Wildman–Crippen MR) is 104 cm³/mol. The fourth-order valence-corrected chi connectivity index (χ4v) is 3.51. The van der Waals surface area contributed by atoms with Crippen molar-refractivity contribution in [2.45, 2.75) is 25.3 Å². The van der Waals surface area contributed by atoms with Crippen LogP contribution < -0.4 is 5.32 Å². The molecule has 0 aliphatic carbocycles. The summed E-state index contributed by atoms with van der Waals surface area (Å²) in [6.07, 6.45) is 2.44. The molecule has 0 unspecified atom stereocenters. The lowest BCUT2D eigenvalue weighted by atomic mass is 10.0. The maximum Gasteiger partial charge on any atom is 0.255 e. The molecule has 27 heavy (non-hydrogen) atoms. The minimum absolute atomic E-state index is 0.0595. The highest BCUT2D eigenvalue weighted by Gasteiger charge is 2.40. The molecule has 0 aromatic heterocycles. The van der Waals surface area contributed by atoms with Gasteiger partial charge in [-0.2, -0.15) is 0 Å². The van der Waals surface area contributed by atoms with E-state index in [0.29, 0.717) is 25.3 Å². The van der Waals surface area contributed by atoms with Gasteiger partial charge in [0, 0.05) is 32.4 Å². The third-order valence-electron chi connectivity index (χ3n) is 4.84. The molecule has 3 rings (SSSR count). The molecule has 2 amide bonds. The van der Waals surface area contributed by atoms with Gasteiger partial charge in [0.15, 0.2) is 0 Å². The second-order valence-corrected chi connectivity index (χ2v) is 6.71. The fraction of sp³-hybridized carbons (Fsp3) is 0.364. The van der Waals surface area contributed by atoms with Crippen molar-refractivity contribution < 1.29 is 14.3 Å². The van der Waals surface area contributed by atoms with Crippen molar-refractivity contribution in [3.05, 3.63) is 71.3 Å². The summed E-state index contributed by atoms with van der Waals surface area (Å²) in [6, 6.07) is 17.1. The second-order valence-electron chi connectivity index (χ2n) is 6.71. The normalized spacial score (nSPS) is 15.7. The van der Waals surface area contributed by atoms with Crippen LogP contribution in [0.4, 0.5) is 0 Å². The molecule has 0 saturated heterocycles.